The predicted octanol–water partition coefficient (Wildman–Crippen LogP) is 2.53. The molecule has 4 heterocycles. The number of morpholine rings is 1. The molecule has 4 aromatic rings. The van der Waals surface area contributed by atoms with Crippen molar-refractivity contribution < 1.29 is 9.53 Å². The van der Waals surface area contributed by atoms with Gasteiger partial charge >= 0.3 is 0 Å². The molecule has 1 amide bonds. The van der Waals surface area contributed by atoms with Crippen LogP contribution in [-0.4, -0.2) is 51.8 Å². The number of nitrogens with one attached hydrogen (secondary N) is 1. The van der Waals surface area contributed by atoms with Crippen molar-refractivity contribution in [3.63, 3.8) is 0 Å². The highest BCUT2D eigenvalue weighted by atomic mass is 32.1. The van der Waals surface area contributed by atoms with E-state index in [9.17, 15) is 4.79 Å². The lowest BCUT2D eigenvalue weighted by molar-refractivity contribution is 0.100. The smallest absolute Gasteiger partial charge is 0.258 e. The fraction of sp³-hybridized carbons (Fsp3) is 0.200. The number of anilines is 3. The van der Waals surface area contributed by atoms with Gasteiger partial charge < -0.3 is 20.7 Å². The van der Waals surface area contributed by atoms with Crippen LogP contribution in [0.1, 0.15) is 9.67 Å². The first-order valence-electron chi connectivity index (χ1n) is 9.46. The second kappa shape index (κ2) is 7.73. The summed E-state index contributed by atoms with van der Waals surface area (Å²) >= 11 is 1.29. The van der Waals surface area contributed by atoms with Crippen LogP contribution in [0.4, 0.5) is 17.2 Å². The highest BCUT2D eigenvalue weighted by molar-refractivity contribution is 7.12. The molecule has 0 bridgehead atoms. The molecule has 5 rings (SSSR count). The molecule has 1 saturated heterocycles. The van der Waals surface area contributed by atoms with E-state index in [-0.39, 0.29) is 0 Å². The summed E-state index contributed by atoms with van der Waals surface area (Å²) in [5, 5.41) is 9.50. The van der Waals surface area contributed by atoms with E-state index >= 15 is 0 Å². The number of hydrogen-bond donors (Lipinski definition) is 2. The van der Waals surface area contributed by atoms with Crippen LogP contribution < -0.4 is 16.0 Å². The van der Waals surface area contributed by atoms with Gasteiger partial charge in [0.1, 0.15) is 6.33 Å². The number of carbonyl (C=O) groups is 1. The number of amides is 1. The van der Waals surface area contributed by atoms with Crippen molar-refractivity contribution in [2.75, 3.05) is 36.5 Å². The lowest BCUT2D eigenvalue weighted by atomic mass is 10.2. The van der Waals surface area contributed by atoms with Crippen LogP contribution in [0, 0.1) is 0 Å². The SMILES string of the molecule is NC(=O)c1cc(-c2cnc(Nc3ccc(N4CCOCC4)cc3)c3ncnn23)cs1. The van der Waals surface area contributed by atoms with E-state index in [0.29, 0.717) is 16.3 Å². The number of aromatic nitrogens is 4. The molecule has 1 fully saturated rings. The molecule has 0 atom stereocenters. The molecule has 1 aliphatic heterocycles. The molecule has 0 aliphatic carbocycles. The number of benzene rings is 1. The first-order chi connectivity index (χ1) is 14.7. The molecule has 1 aliphatic rings. The molecule has 0 radical (unpaired) electrons. The van der Waals surface area contributed by atoms with Crippen molar-refractivity contribution in [1.82, 2.24) is 19.6 Å². The van der Waals surface area contributed by atoms with E-state index in [2.05, 4.69) is 37.4 Å². The standard InChI is InChI=1S/C20H19N7O2S/c21-18(28)17-9-13(11-30-17)16-10-22-19(20-23-12-24-27(16)20)25-14-1-3-15(4-2-14)26-5-7-29-8-6-26/h1-4,9-12H,5-8H2,(H2,21,28)(H,22,25). The second-order valence-electron chi connectivity index (χ2n) is 6.82. The fourth-order valence-electron chi connectivity index (χ4n) is 3.42. The maximum absolute atomic E-state index is 11.4. The quantitative estimate of drug-likeness (QED) is 0.509. The summed E-state index contributed by atoms with van der Waals surface area (Å²) in [5.41, 5.74) is 9.59. The number of nitrogens with zero attached hydrogens (tertiary/aromatic N) is 5. The lowest BCUT2D eigenvalue weighted by Crippen LogP contribution is -2.36. The van der Waals surface area contributed by atoms with Gasteiger partial charge in [-0.2, -0.15) is 5.10 Å². The average molecular weight is 421 g/mol. The Labute approximate surface area is 176 Å². The van der Waals surface area contributed by atoms with Gasteiger partial charge in [-0.05, 0) is 30.3 Å². The summed E-state index contributed by atoms with van der Waals surface area (Å²) in [6.45, 7) is 3.31. The normalized spacial score (nSPS) is 14.2. The summed E-state index contributed by atoms with van der Waals surface area (Å²) in [6, 6.07) is 9.94. The Balaban J connectivity index is 1.41. The van der Waals surface area contributed by atoms with E-state index in [1.54, 1.807) is 16.8 Å². The van der Waals surface area contributed by atoms with Gasteiger partial charge in [-0.15, -0.1) is 11.3 Å². The molecule has 10 heteroatoms. The number of thiophene rings is 1. The van der Waals surface area contributed by atoms with Crippen molar-refractivity contribution in [2.24, 2.45) is 5.73 Å². The van der Waals surface area contributed by atoms with Crippen molar-refractivity contribution >= 4 is 40.1 Å². The first kappa shape index (κ1) is 18.5. The molecule has 0 unspecified atom stereocenters. The Morgan fingerprint density at radius 2 is 1.97 bits per heavy atom. The monoisotopic (exact) mass is 421 g/mol. The Morgan fingerprint density at radius 1 is 1.17 bits per heavy atom. The number of ether oxygens (including phenoxy) is 1. The third-order valence-electron chi connectivity index (χ3n) is 4.95. The average Bonchev–Trinajstić information content (AvgIpc) is 3.46. The maximum Gasteiger partial charge on any atom is 0.258 e. The number of primary amides is 1. The van der Waals surface area contributed by atoms with Gasteiger partial charge in [0.25, 0.3) is 5.91 Å². The molecule has 9 nitrogen and oxygen atoms in total. The highest BCUT2D eigenvalue weighted by Crippen LogP contribution is 2.28. The van der Waals surface area contributed by atoms with Gasteiger partial charge in [-0.25, -0.2) is 14.5 Å². The summed E-state index contributed by atoms with van der Waals surface area (Å²) in [4.78, 5) is 23.1. The second-order valence-corrected chi connectivity index (χ2v) is 7.73. The Bertz CT molecular complexity index is 1200. The Kier molecular flexibility index (Phi) is 4.77. The minimum absolute atomic E-state index is 0.451. The van der Waals surface area contributed by atoms with E-state index < -0.39 is 5.91 Å². The molecule has 30 heavy (non-hydrogen) atoms. The summed E-state index contributed by atoms with van der Waals surface area (Å²) in [7, 11) is 0. The number of carbonyl (C=O) groups excluding carboxylic acids is 1. The largest absolute Gasteiger partial charge is 0.378 e. The van der Waals surface area contributed by atoms with Crippen LogP contribution in [0.25, 0.3) is 16.9 Å². The molecule has 0 saturated carbocycles. The highest BCUT2D eigenvalue weighted by Gasteiger charge is 2.15. The van der Waals surface area contributed by atoms with E-state index in [4.69, 9.17) is 10.5 Å². The van der Waals surface area contributed by atoms with Crippen molar-refractivity contribution in [3.05, 3.63) is 53.1 Å². The minimum Gasteiger partial charge on any atom is -0.378 e. The van der Waals surface area contributed by atoms with E-state index in [1.165, 1.54) is 23.4 Å². The Hall–Kier alpha value is -3.50. The number of fused-ring (bicyclic) bond motifs is 1. The summed E-state index contributed by atoms with van der Waals surface area (Å²) < 4.78 is 7.11. The minimum atomic E-state index is -0.451. The topological polar surface area (TPSA) is 111 Å². The summed E-state index contributed by atoms with van der Waals surface area (Å²) in [6.07, 6.45) is 3.19. The van der Waals surface area contributed by atoms with Crippen LogP contribution in [0.2, 0.25) is 0 Å². The molecule has 3 N–H and O–H groups in total. The number of rotatable bonds is 5. The maximum atomic E-state index is 11.4. The zero-order valence-electron chi connectivity index (χ0n) is 16.0. The molecule has 152 valence electrons. The van der Waals surface area contributed by atoms with E-state index in [0.717, 1.165) is 43.2 Å². The van der Waals surface area contributed by atoms with Crippen molar-refractivity contribution in [3.8, 4) is 11.3 Å². The van der Waals surface area contributed by atoms with Crippen LogP contribution in [0.5, 0.6) is 0 Å². The molecular formula is C20H19N7O2S. The predicted molar refractivity (Wildman–Crippen MR) is 115 cm³/mol. The number of nitrogens with two attached hydrogens (primary N) is 1. The molecule has 3 aromatic heterocycles. The zero-order chi connectivity index (χ0) is 20.5. The van der Waals surface area contributed by atoms with Crippen LogP contribution in [0.3, 0.4) is 0 Å². The lowest BCUT2D eigenvalue weighted by Gasteiger charge is -2.28. The molecule has 0 spiro atoms. The fourth-order valence-corrected chi connectivity index (χ4v) is 4.17. The van der Waals surface area contributed by atoms with Crippen LogP contribution >= 0.6 is 11.3 Å². The molecular weight excluding hydrogens is 402 g/mol. The molecule has 1 aromatic carbocycles. The van der Waals surface area contributed by atoms with Crippen LogP contribution in [0.15, 0.2) is 48.2 Å². The third kappa shape index (κ3) is 3.46. The zero-order valence-corrected chi connectivity index (χ0v) is 16.8. The van der Waals surface area contributed by atoms with Crippen molar-refractivity contribution in [2.45, 2.75) is 0 Å². The van der Waals surface area contributed by atoms with Gasteiger partial charge in [-0.3, -0.25) is 4.79 Å². The van der Waals surface area contributed by atoms with Crippen LogP contribution in [-0.2, 0) is 4.74 Å². The van der Waals surface area contributed by atoms with Gasteiger partial charge in [0.05, 0.1) is 30.0 Å². The van der Waals surface area contributed by atoms with Gasteiger partial charge in [-0.1, -0.05) is 0 Å². The van der Waals surface area contributed by atoms with E-state index in [1.807, 2.05) is 17.5 Å². The van der Waals surface area contributed by atoms with Crippen molar-refractivity contribution in [1.29, 1.82) is 0 Å². The van der Waals surface area contributed by atoms with Gasteiger partial charge in [0, 0.05) is 35.4 Å². The van der Waals surface area contributed by atoms with Gasteiger partial charge in [0.2, 0.25) is 0 Å². The Morgan fingerprint density at radius 3 is 2.70 bits per heavy atom. The van der Waals surface area contributed by atoms with Gasteiger partial charge in [0.15, 0.2) is 11.5 Å². The summed E-state index contributed by atoms with van der Waals surface area (Å²) in [5.74, 6) is 0.147. The third-order valence-corrected chi connectivity index (χ3v) is 5.89. The number of hydrogen-bond acceptors (Lipinski definition) is 8. The first-order valence-corrected chi connectivity index (χ1v) is 10.3.